The molecule has 13 heteroatoms. The number of fused-ring (bicyclic) bond motifs is 1. The number of nitrogens with one attached hydrogen (secondary N) is 5. The van der Waals surface area contributed by atoms with E-state index in [2.05, 4.69) is 43.5 Å². The Balaban J connectivity index is 1.50. The highest BCUT2D eigenvalue weighted by molar-refractivity contribution is 7.80. The summed E-state index contributed by atoms with van der Waals surface area (Å²) in [6.45, 7) is -0.475. The molecule has 0 aliphatic heterocycles. The number of nitrogens with zero attached hydrogens (tertiary/aromatic N) is 1. The highest BCUT2D eigenvalue weighted by Crippen LogP contribution is 2.19. The van der Waals surface area contributed by atoms with Gasteiger partial charge in [0.2, 0.25) is 17.7 Å². The first-order chi connectivity index (χ1) is 16.8. The van der Waals surface area contributed by atoms with Crippen LogP contribution in [-0.4, -0.2) is 74.2 Å². The third kappa shape index (κ3) is 7.07. The number of carboxylic acid groups (broad SMARTS) is 1. The fraction of sp³-hybridized carbons (Fsp3) is 0.318. The van der Waals surface area contributed by atoms with Crippen LogP contribution in [0.1, 0.15) is 11.3 Å². The number of benzene rings is 1. The van der Waals surface area contributed by atoms with Crippen molar-refractivity contribution < 1.29 is 24.3 Å². The third-order valence-corrected chi connectivity index (χ3v) is 5.67. The fourth-order valence-corrected chi connectivity index (χ4v) is 3.71. The van der Waals surface area contributed by atoms with Crippen LogP contribution in [0.15, 0.2) is 43.0 Å². The lowest BCUT2D eigenvalue weighted by Gasteiger charge is -2.19. The number of para-hydroxylation sites is 1. The van der Waals surface area contributed by atoms with E-state index in [-0.39, 0.29) is 18.6 Å². The number of H-pyrrole nitrogens is 2. The summed E-state index contributed by atoms with van der Waals surface area (Å²) in [6.07, 6.45) is 4.96. The van der Waals surface area contributed by atoms with E-state index in [9.17, 15) is 24.3 Å². The van der Waals surface area contributed by atoms with Crippen LogP contribution in [0.4, 0.5) is 0 Å². The Kier molecular flexibility index (Phi) is 8.86. The summed E-state index contributed by atoms with van der Waals surface area (Å²) < 4.78 is 0. The van der Waals surface area contributed by atoms with E-state index >= 15 is 0 Å². The maximum atomic E-state index is 12.4. The van der Waals surface area contributed by atoms with Gasteiger partial charge < -0.3 is 36.8 Å². The van der Waals surface area contributed by atoms with Crippen molar-refractivity contribution in [3.05, 3.63) is 54.2 Å². The number of aromatic amines is 2. The zero-order chi connectivity index (χ0) is 25.4. The van der Waals surface area contributed by atoms with Gasteiger partial charge in [-0.15, -0.1) is 0 Å². The summed E-state index contributed by atoms with van der Waals surface area (Å²) in [6, 6.07) is 4.26. The number of aliphatic carboxylic acids is 1. The van der Waals surface area contributed by atoms with E-state index in [0.717, 1.165) is 16.5 Å². The molecular formula is C22H27N7O5S. The second-order valence-electron chi connectivity index (χ2n) is 7.87. The molecule has 2 heterocycles. The Morgan fingerprint density at radius 1 is 1.06 bits per heavy atom. The Bertz CT molecular complexity index is 1180. The number of nitrogens with two attached hydrogens (primary N) is 1. The molecule has 8 N–H and O–H groups in total. The van der Waals surface area contributed by atoms with Crippen LogP contribution < -0.4 is 21.7 Å². The molecule has 0 saturated carbocycles. The molecule has 0 fully saturated rings. The fourth-order valence-electron chi connectivity index (χ4n) is 3.46. The number of thiol groups is 1. The zero-order valence-corrected chi connectivity index (χ0v) is 19.5. The Morgan fingerprint density at radius 3 is 2.51 bits per heavy atom. The molecular weight excluding hydrogens is 474 g/mol. The van der Waals surface area contributed by atoms with Gasteiger partial charge in [0.15, 0.2) is 0 Å². The molecule has 3 atom stereocenters. The molecule has 0 spiro atoms. The van der Waals surface area contributed by atoms with Gasteiger partial charge in [-0.1, -0.05) is 18.2 Å². The molecule has 0 saturated heterocycles. The van der Waals surface area contributed by atoms with Gasteiger partial charge in [-0.2, -0.15) is 12.6 Å². The molecule has 0 radical (unpaired) electrons. The summed E-state index contributed by atoms with van der Waals surface area (Å²) in [5.41, 5.74) is 8.13. The molecule has 35 heavy (non-hydrogen) atoms. The van der Waals surface area contributed by atoms with Crippen molar-refractivity contribution in [2.24, 2.45) is 5.73 Å². The minimum absolute atomic E-state index is 0.0334. The normalized spacial score (nSPS) is 13.5. The van der Waals surface area contributed by atoms with Crippen molar-refractivity contribution in [1.82, 2.24) is 30.9 Å². The molecule has 1 aromatic carbocycles. The van der Waals surface area contributed by atoms with Crippen molar-refractivity contribution in [2.45, 2.75) is 31.0 Å². The largest absolute Gasteiger partial charge is 0.480 e. The number of rotatable bonds is 12. The summed E-state index contributed by atoms with van der Waals surface area (Å²) >= 11 is 4.08. The number of carbonyl (C=O) groups excluding carboxylic acids is 3. The van der Waals surface area contributed by atoms with Crippen LogP contribution in [0.3, 0.4) is 0 Å². The van der Waals surface area contributed by atoms with Gasteiger partial charge in [0, 0.05) is 47.6 Å². The van der Waals surface area contributed by atoms with Crippen LogP contribution in [0.2, 0.25) is 0 Å². The Hall–Kier alpha value is -3.84. The molecule has 186 valence electrons. The summed E-state index contributed by atoms with van der Waals surface area (Å²) in [7, 11) is 0. The minimum Gasteiger partial charge on any atom is -0.480 e. The van der Waals surface area contributed by atoms with Crippen LogP contribution >= 0.6 is 12.6 Å². The van der Waals surface area contributed by atoms with E-state index in [0.29, 0.717) is 5.69 Å². The molecule has 0 aliphatic carbocycles. The van der Waals surface area contributed by atoms with Crippen LogP contribution in [0, 0.1) is 0 Å². The molecule has 3 rings (SSSR count). The van der Waals surface area contributed by atoms with Gasteiger partial charge in [-0.25, -0.2) is 9.78 Å². The SMILES string of the molecule is NC(Cc1cnc[nH]1)C(=O)NC(CS)C(=O)NCC(=O)NC(Cc1c[nH]c2ccccc12)C(=O)O. The number of carboxylic acids is 1. The predicted octanol–water partition coefficient (Wildman–Crippen LogP) is -0.896. The van der Waals surface area contributed by atoms with Crippen molar-refractivity contribution in [3.63, 3.8) is 0 Å². The molecule has 3 aromatic rings. The lowest BCUT2D eigenvalue weighted by molar-refractivity contribution is -0.141. The topological polar surface area (TPSA) is 195 Å². The number of carbonyl (C=O) groups is 4. The number of aromatic nitrogens is 3. The standard InChI is InChI=1S/C22H27N7O5S/c23-15(6-13-8-24-11-27-13)20(31)29-18(10-35)21(32)26-9-19(30)28-17(22(33)34)5-12-7-25-16-4-2-1-3-14(12)16/h1-4,7-8,11,15,17-18,25,35H,5-6,9-10,23H2,(H,24,27)(H,26,32)(H,28,30)(H,29,31)(H,33,34). The summed E-state index contributed by atoms with van der Waals surface area (Å²) in [5.74, 6) is -3.15. The van der Waals surface area contributed by atoms with E-state index in [1.807, 2.05) is 24.3 Å². The predicted molar refractivity (Wildman–Crippen MR) is 131 cm³/mol. The van der Waals surface area contributed by atoms with Gasteiger partial charge in [0.1, 0.15) is 12.1 Å². The number of hydrogen-bond acceptors (Lipinski definition) is 7. The number of hydrogen-bond donors (Lipinski definition) is 8. The van der Waals surface area contributed by atoms with E-state index in [4.69, 9.17) is 5.73 Å². The molecule has 0 bridgehead atoms. The quantitative estimate of drug-likeness (QED) is 0.147. The van der Waals surface area contributed by atoms with Crippen molar-refractivity contribution in [3.8, 4) is 0 Å². The van der Waals surface area contributed by atoms with Gasteiger partial charge >= 0.3 is 5.97 Å². The van der Waals surface area contributed by atoms with E-state index in [1.54, 1.807) is 6.20 Å². The second kappa shape index (κ2) is 12.0. The lowest BCUT2D eigenvalue weighted by Crippen LogP contribution is -2.54. The first kappa shape index (κ1) is 25.8. The van der Waals surface area contributed by atoms with E-state index in [1.165, 1.54) is 12.5 Å². The molecule has 0 aliphatic rings. The first-order valence-corrected chi connectivity index (χ1v) is 11.4. The minimum atomic E-state index is -1.21. The molecule has 2 aromatic heterocycles. The molecule has 3 amide bonds. The van der Waals surface area contributed by atoms with Crippen molar-refractivity contribution >= 4 is 47.2 Å². The average Bonchev–Trinajstić information content (AvgIpc) is 3.50. The van der Waals surface area contributed by atoms with Crippen molar-refractivity contribution in [2.75, 3.05) is 12.3 Å². The highest BCUT2D eigenvalue weighted by Gasteiger charge is 2.25. The number of imidazole rings is 1. The van der Waals surface area contributed by atoms with Gasteiger partial charge in [-0.3, -0.25) is 14.4 Å². The van der Waals surface area contributed by atoms with Gasteiger partial charge in [0.05, 0.1) is 18.9 Å². The summed E-state index contributed by atoms with van der Waals surface area (Å²) in [4.78, 5) is 58.6. The maximum absolute atomic E-state index is 12.4. The van der Waals surface area contributed by atoms with Crippen molar-refractivity contribution in [1.29, 1.82) is 0 Å². The van der Waals surface area contributed by atoms with Crippen LogP contribution in [-0.2, 0) is 32.0 Å². The monoisotopic (exact) mass is 501 g/mol. The zero-order valence-electron chi connectivity index (χ0n) is 18.7. The first-order valence-electron chi connectivity index (χ1n) is 10.8. The smallest absolute Gasteiger partial charge is 0.326 e. The number of amides is 3. The Morgan fingerprint density at radius 2 is 1.83 bits per heavy atom. The van der Waals surface area contributed by atoms with Gasteiger partial charge in [0.25, 0.3) is 0 Å². The maximum Gasteiger partial charge on any atom is 0.326 e. The molecule has 3 unspecified atom stereocenters. The highest BCUT2D eigenvalue weighted by atomic mass is 32.1. The van der Waals surface area contributed by atoms with Crippen LogP contribution in [0.25, 0.3) is 10.9 Å². The Labute approximate surface area is 205 Å². The third-order valence-electron chi connectivity index (χ3n) is 5.30. The van der Waals surface area contributed by atoms with Crippen LogP contribution in [0.5, 0.6) is 0 Å². The summed E-state index contributed by atoms with van der Waals surface area (Å²) in [5, 5.41) is 17.7. The van der Waals surface area contributed by atoms with E-state index < -0.39 is 48.4 Å². The van der Waals surface area contributed by atoms with Gasteiger partial charge in [-0.05, 0) is 11.6 Å². The molecule has 12 nitrogen and oxygen atoms in total. The lowest BCUT2D eigenvalue weighted by atomic mass is 10.0. The average molecular weight is 502 g/mol. The second-order valence-corrected chi connectivity index (χ2v) is 8.24.